The van der Waals surface area contributed by atoms with Crippen LogP contribution in [0.3, 0.4) is 0 Å². The first-order valence-corrected chi connectivity index (χ1v) is 18.2. The number of hydrogen-bond acceptors (Lipinski definition) is 9. The monoisotopic (exact) mass is 739 g/mol. The van der Waals surface area contributed by atoms with E-state index < -0.39 is 41.2 Å². The fourth-order valence-electron chi connectivity index (χ4n) is 5.52. The molecule has 2 aromatic rings. The standard InChI is InChI=1S/C41H54ClNO9/c1-26(2)13-18-37(44)51-25-41(6,7)38(45)39(46)43-19-11-10-12-33(43)40(47)52-34(16-14-29-15-17-35(48-8)36(20-29)49-9)30-21-31(42)23-32(22-30)50-24-28(5)27(3)4/h13,15,17-18,20-23,26-27,33-34H,5,10-12,14,16,19,24-25H2,1-4,6-9H3/b18-13-/t33-,34+/m0/s1. The maximum atomic E-state index is 14.0. The van der Waals surface area contributed by atoms with E-state index in [2.05, 4.69) is 6.58 Å². The molecule has 0 bridgehead atoms. The molecular weight excluding hydrogens is 686 g/mol. The number of rotatable bonds is 18. The lowest BCUT2D eigenvalue weighted by Gasteiger charge is -2.36. The second-order valence-electron chi connectivity index (χ2n) is 14.4. The molecule has 0 unspecified atom stereocenters. The summed E-state index contributed by atoms with van der Waals surface area (Å²) < 4.78 is 28.4. The SMILES string of the molecule is C=C(COc1cc(Cl)cc([C@@H](CCc2ccc(OC)c(OC)c2)OC(=O)[C@@H]2CCCCN2C(=O)C(=O)C(C)(C)COC(=O)/C=C\C(C)C)c1)C(C)C. The van der Waals surface area contributed by atoms with Gasteiger partial charge in [-0.15, -0.1) is 0 Å². The summed E-state index contributed by atoms with van der Waals surface area (Å²) in [5.41, 5.74) is 1.14. The molecule has 1 aliphatic heterocycles. The van der Waals surface area contributed by atoms with Crippen molar-refractivity contribution in [1.29, 1.82) is 0 Å². The Morgan fingerprint density at radius 3 is 2.37 bits per heavy atom. The summed E-state index contributed by atoms with van der Waals surface area (Å²) >= 11 is 6.57. The largest absolute Gasteiger partial charge is 0.493 e. The van der Waals surface area contributed by atoms with Crippen LogP contribution in [0.25, 0.3) is 0 Å². The number of piperidine rings is 1. The fraction of sp³-hybridized carbons (Fsp3) is 0.512. The van der Waals surface area contributed by atoms with Crippen LogP contribution in [0.15, 0.2) is 60.7 Å². The summed E-state index contributed by atoms with van der Waals surface area (Å²) in [7, 11) is 3.13. The number of carbonyl (C=O) groups excluding carboxylic acids is 4. The van der Waals surface area contributed by atoms with E-state index >= 15 is 0 Å². The lowest BCUT2D eigenvalue weighted by atomic mass is 9.87. The van der Waals surface area contributed by atoms with Crippen LogP contribution in [0.2, 0.25) is 5.02 Å². The molecule has 0 radical (unpaired) electrons. The third-order valence-electron chi connectivity index (χ3n) is 8.94. The van der Waals surface area contributed by atoms with Crippen LogP contribution in [-0.4, -0.2) is 68.5 Å². The molecule has 52 heavy (non-hydrogen) atoms. The third kappa shape index (κ3) is 12.1. The number of allylic oxidation sites excluding steroid dienone is 1. The minimum absolute atomic E-state index is 0.148. The van der Waals surface area contributed by atoms with Gasteiger partial charge < -0.3 is 28.6 Å². The first kappa shape index (κ1) is 42.1. The minimum Gasteiger partial charge on any atom is -0.493 e. The topological polar surface area (TPSA) is 118 Å². The maximum Gasteiger partial charge on any atom is 0.330 e. The van der Waals surface area contributed by atoms with Crippen molar-refractivity contribution in [3.63, 3.8) is 0 Å². The lowest BCUT2D eigenvalue weighted by molar-refractivity contribution is -0.165. The Morgan fingerprint density at radius 1 is 1.00 bits per heavy atom. The molecule has 0 spiro atoms. The first-order chi connectivity index (χ1) is 24.6. The number of amides is 1. The summed E-state index contributed by atoms with van der Waals surface area (Å²) in [5, 5.41) is 0.400. The van der Waals surface area contributed by atoms with Gasteiger partial charge in [0.05, 0.1) is 19.6 Å². The number of ether oxygens (including phenoxy) is 5. The highest BCUT2D eigenvalue weighted by molar-refractivity contribution is 6.38. The van der Waals surface area contributed by atoms with Crippen LogP contribution < -0.4 is 14.2 Å². The van der Waals surface area contributed by atoms with E-state index in [1.54, 1.807) is 52.3 Å². The van der Waals surface area contributed by atoms with Gasteiger partial charge in [0.1, 0.15) is 31.1 Å². The molecule has 1 heterocycles. The van der Waals surface area contributed by atoms with E-state index in [4.69, 9.17) is 35.3 Å². The first-order valence-electron chi connectivity index (χ1n) is 17.8. The molecule has 0 aliphatic carbocycles. The van der Waals surface area contributed by atoms with E-state index in [1.807, 2.05) is 45.9 Å². The fourth-order valence-corrected chi connectivity index (χ4v) is 5.75. The van der Waals surface area contributed by atoms with Crippen LogP contribution >= 0.6 is 11.6 Å². The van der Waals surface area contributed by atoms with E-state index in [0.717, 1.165) is 11.1 Å². The van der Waals surface area contributed by atoms with E-state index in [-0.39, 0.29) is 25.0 Å². The minimum atomic E-state index is -1.32. The molecule has 10 nitrogen and oxygen atoms in total. The Bertz CT molecular complexity index is 1610. The molecule has 1 fully saturated rings. The molecule has 11 heteroatoms. The Kier molecular flexibility index (Phi) is 15.8. The number of carbonyl (C=O) groups is 4. The van der Waals surface area contributed by atoms with Crippen LogP contribution in [0.4, 0.5) is 0 Å². The number of benzene rings is 2. The van der Waals surface area contributed by atoms with E-state index in [9.17, 15) is 19.2 Å². The predicted molar refractivity (Wildman–Crippen MR) is 201 cm³/mol. The van der Waals surface area contributed by atoms with Gasteiger partial charge in [-0.2, -0.15) is 0 Å². The van der Waals surface area contributed by atoms with Gasteiger partial charge in [-0.05, 0) is 105 Å². The zero-order valence-corrected chi connectivity index (χ0v) is 32.5. The van der Waals surface area contributed by atoms with Crippen LogP contribution in [0, 0.1) is 17.3 Å². The highest BCUT2D eigenvalue weighted by atomic mass is 35.5. The number of halogens is 1. The van der Waals surface area contributed by atoms with Crippen molar-refractivity contribution in [3.05, 3.63) is 76.9 Å². The molecule has 0 N–H and O–H groups in total. The number of ketones is 1. The van der Waals surface area contributed by atoms with Gasteiger partial charge >= 0.3 is 11.9 Å². The van der Waals surface area contributed by atoms with Crippen molar-refractivity contribution in [2.45, 2.75) is 85.8 Å². The number of aryl methyl sites for hydroxylation is 1. The molecule has 0 saturated carbocycles. The Labute approximate surface area is 313 Å². The summed E-state index contributed by atoms with van der Waals surface area (Å²) in [6, 6.07) is 9.83. The van der Waals surface area contributed by atoms with Gasteiger partial charge in [0.15, 0.2) is 11.5 Å². The molecular formula is C41H54ClNO9. The summed E-state index contributed by atoms with van der Waals surface area (Å²) in [4.78, 5) is 54.8. The highest BCUT2D eigenvalue weighted by Gasteiger charge is 2.42. The predicted octanol–water partition coefficient (Wildman–Crippen LogP) is 7.90. The van der Waals surface area contributed by atoms with Crippen LogP contribution in [0.1, 0.15) is 84.5 Å². The van der Waals surface area contributed by atoms with E-state index in [1.165, 1.54) is 11.0 Å². The molecule has 1 saturated heterocycles. The van der Waals surface area contributed by atoms with Crippen LogP contribution in [-0.2, 0) is 35.1 Å². The van der Waals surface area contributed by atoms with Gasteiger partial charge in [-0.1, -0.05) is 58.0 Å². The third-order valence-corrected chi connectivity index (χ3v) is 9.16. The summed E-state index contributed by atoms with van der Waals surface area (Å²) in [6.07, 6.45) is 4.70. The maximum absolute atomic E-state index is 14.0. The van der Waals surface area contributed by atoms with Crippen molar-refractivity contribution < 1.29 is 42.9 Å². The molecule has 3 rings (SSSR count). The molecule has 284 valence electrons. The number of likely N-dealkylation sites (tertiary alicyclic amines) is 1. The number of methoxy groups -OCH3 is 2. The molecule has 1 amide bonds. The second-order valence-corrected chi connectivity index (χ2v) is 14.8. The summed E-state index contributed by atoms with van der Waals surface area (Å²) in [6.45, 7) is 15.3. The number of Topliss-reactive ketones (excluding diaryl/α,β-unsaturated/α-hetero) is 1. The average Bonchev–Trinajstić information content (AvgIpc) is 3.12. The Hall–Kier alpha value is -4.31. The zero-order chi connectivity index (χ0) is 38.6. The Morgan fingerprint density at radius 2 is 1.71 bits per heavy atom. The van der Waals surface area contributed by atoms with Crippen molar-refractivity contribution >= 4 is 35.2 Å². The number of nitrogens with zero attached hydrogens (tertiary/aromatic N) is 1. The average molecular weight is 740 g/mol. The smallest absolute Gasteiger partial charge is 0.330 e. The molecule has 0 aromatic heterocycles. The second kappa shape index (κ2) is 19.5. The van der Waals surface area contributed by atoms with Gasteiger partial charge in [-0.3, -0.25) is 9.59 Å². The summed E-state index contributed by atoms with van der Waals surface area (Å²) in [5.74, 6) is -0.749. The normalized spacial score (nSPS) is 15.4. The molecule has 1 aliphatic rings. The number of esters is 2. The van der Waals surface area contributed by atoms with Crippen molar-refractivity contribution in [2.75, 3.05) is 34.0 Å². The zero-order valence-electron chi connectivity index (χ0n) is 31.8. The highest BCUT2D eigenvalue weighted by Crippen LogP contribution is 2.34. The van der Waals surface area contributed by atoms with Crippen LogP contribution in [0.5, 0.6) is 17.2 Å². The van der Waals surface area contributed by atoms with Crippen molar-refractivity contribution in [2.24, 2.45) is 17.3 Å². The molecule has 2 atom stereocenters. The van der Waals surface area contributed by atoms with Gasteiger partial charge in [0.2, 0.25) is 5.78 Å². The van der Waals surface area contributed by atoms with Gasteiger partial charge in [-0.25, -0.2) is 9.59 Å². The molecule has 2 aromatic carbocycles. The van der Waals surface area contributed by atoms with Crippen molar-refractivity contribution in [1.82, 2.24) is 4.90 Å². The van der Waals surface area contributed by atoms with E-state index in [0.29, 0.717) is 66.5 Å². The van der Waals surface area contributed by atoms with Gasteiger partial charge in [0, 0.05) is 17.6 Å². The Balaban J connectivity index is 1.87. The number of hydrogen-bond donors (Lipinski definition) is 0. The lowest BCUT2D eigenvalue weighted by Crippen LogP contribution is -2.53. The van der Waals surface area contributed by atoms with Gasteiger partial charge in [0.25, 0.3) is 5.91 Å². The van der Waals surface area contributed by atoms with Crippen molar-refractivity contribution in [3.8, 4) is 17.2 Å². The quantitative estimate of drug-likeness (QED) is 0.0651.